The Labute approximate surface area is 170 Å². The molecule has 2 N–H and O–H groups in total. The van der Waals surface area contributed by atoms with E-state index in [2.05, 4.69) is 36.1 Å². The lowest BCUT2D eigenvalue weighted by molar-refractivity contribution is -0.131. The van der Waals surface area contributed by atoms with Crippen LogP contribution in [0.2, 0.25) is 0 Å². The minimum atomic E-state index is -0.122. The van der Waals surface area contributed by atoms with Gasteiger partial charge in [0.15, 0.2) is 0 Å². The zero-order chi connectivity index (χ0) is 20.3. The van der Waals surface area contributed by atoms with Crippen LogP contribution in [0.25, 0.3) is 0 Å². The first-order valence-corrected chi connectivity index (χ1v) is 11.3. The molecule has 5 heteroatoms. The molecule has 3 rings (SSSR count). The summed E-state index contributed by atoms with van der Waals surface area (Å²) in [6.07, 6.45) is 11.3. The molecule has 1 aliphatic heterocycles. The van der Waals surface area contributed by atoms with Crippen LogP contribution in [0.1, 0.15) is 65.2 Å². The van der Waals surface area contributed by atoms with Crippen LogP contribution in [0.4, 0.5) is 0 Å². The number of nitrogens with one attached hydrogen (secondary N) is 2. The summed E-state index contributed by atoms with van der Waals surface area (Å²) < 4.78 is 0. The predicted octanol–water partition coefficient (Wildman–Crippen LogP) is 3.11. The fourth-order valence-corrected chi connectivity index (χ4v) is 5.91. The minimum absolute atomic E-state index is 0.0269. The second kappa shape index (κ2) is 9.43. The van der Waals surface area contributed by atoms with Crippen LogP contribution < -0.4 is 10.6 Å². The highest BCUT2D eigenvalue weighted by Crippen LogP contribution is 2.37. The molecule has 1 heterocycles. The molecule has 158 valence electrons. The van der Waals surface area contributed by atoms with Gasteiger partial charge < -0.3 is 10.6 Å². The number of hydrogen-bond acceptors (Lipinski definition) is 3. The van der Waals surface area contributed by atoms with Gasteiger partial charge in [-0.25, -0.2) is 0 Å². The van der Waals surface area contributed by atoms with Gasteiger partial charge in [0.25, 0.3) is 0 Å². The van der Waals surface area contributed by atoms with Crippen LogP contribution in [-0.4, -0.2) is 48.4 Å². The summed E-state index contributed by atoms with van der Waals surface area (Å²) in [6, 6.07) is 1.29. The van der Waals surface area contributed by atoms with Gasteiger partial charge in [0.1, 0.15) is 0 Å². The number of carbonyl (C=O) groups is 2. The van der Waals surface area contributed by atoms with Crippen LogP contribution in [0.15, 0.2) is 12.7 Å². The molecule has 28 heavy (non-hydrogen) atoms. The average Bonchev–Trinajstić information content (AvgIpc) is 3.20. The SMILES string of the molecule is C=CC1C(C(=O)NCC2C(=O)NC(C)CC2C)CCCC1N(C)C1CCCC1. The molecule has 0 spiro atoms. The number of piperidine rings is 1. The number of rotatable bonds is 6. The van der Waals surface area contributed by atoms with Gasteiger partial charge in [-0.05, 0) is 52.0 Å². The van der Waals surface area contributed by atoms with Crippen molar-refractivity contribution in [1.82, 2.24) is 15.5 Å². The monoisotopic (exact) mass is 389 g/mol. The standard InChI is InChI=1S/C23H39N3O2/c1-5-18-19(11-8-12-21(18)26(4)17-9-6-7-10-17)22(27)24-14-20-15(2)13-16(3)25-23(20)28/h5,15-21H,1,6-14H2,2-4H3,(H,24,27)(H,25,28). The van der Waals surface area contributed by atoms with Crippen LogP contribution in [0.5, 0.6) is 0 Å². The smallest absolute Gasteiger partial charge is 0.225 e. The number of nitrogens with zero attached hydrogens (tertiary/aromatic N) is 1. The Morgan fingerprint density at radius 3 is 2.57 bits per heavy atom. The first-order chi connectivity index (χ1) is 13.4. The zero-order valence-corrected chi connectivity index (χ0v) is 18.0. The molecule has 6 unspecified atom stereocenters. The fourth-order valence-electron chi connectivity index (χ4n) is 5.91. The van der Waals surface area contributed by atoms with Gasteiger partial charge in [0.05, 0.1) is 5.92 Å². The minimum Gasteiger partial charge on any atom is -0.355 e. The van der Waals surface area contributed by atoms with Crippen molar-refractivity contribution in [2.24, 2.45) is 23.7 Å². The van der Waals surface area contributed by atoms with Gasteiger partial charge in [-0.1, -0.05) is 32.3 Å². The zero-order valence-electron chi connectivity index (χ0n) is 18.0. The van der Waals surface area contributed by atoms with E-state index in [1.54, 1.807) is 0 Å². The number of hydrogen-bond donors (Lipinski definition) is 2. The predicted molar refractivity (Wildman–Crippen MR) is 113 cm³/mol. The van der Waals surface area contributed by atoms with Crippen LogP contribution in [0, 0.1) is 23.7 Å². The maximum Gasteiger partial charge on any atom is 0.225 e. The van der Waals surface area contributed by atoms with E-state index >= 15 is 0 Å². The van der Waals surface area contributed by atoms with Gasteiger partial charge >= 0.3 is 0 Å². The molecule has 3 aliphatic rings. The van der Waals surface area contributed by atoms with E-state index in [0.29, 0.717) is 24.5 Å². The largest absolute Gasteiger partial charge is 0.355 e. The van der Waals surface area contributed by atoms with Crippen molar-refractivity contribution < 1.29 is 9.59 Å². The Kier molecular flexibility index (Phi) is 7.19. The van der Waals surface area contributed by atoms with Gasteiger partial charge in [-0.2, -0.15) is 0 Å². The molecule has 2 aliphatic carbocycles. The quantitative estimate of drug-likeness (QED) is 0.686. The highest BCUT2D eigenvalue weighted by atomic mass is 16.2. The molecular formula is C23H39N3O2. The van der Waals surface area contributed by atoms with Crippen molar-refractivity contribution in [2.45, 2.75) is 83.3 Å². The Balaban J connectivity index is 1.60. The van der Waals surface area contributed by atoms with E-state index in [1.165, 1.54) is 25.7 Å². The lowest BCUT2D eigenvalue weighted by atomic mass is 9.74. The van der Waals surface area contributed by atoms with E-state index in [1.807, 2.05) is 13.0 Å². The third-order valence-electron chi connectivity index (χ3n) is 7.59. The van der Waals surface area contributed by atoms with Crippen molar-refractivity contribution in [2.75, 3.05) is 13.6 Å². The maximum absolute atomic E-state index is 13.1. The van der Waals surface area contributed by atoms with Gasteiger partial charge in [0, 0.05) is 36.5 Å². The Bertz CT molecular complexity index is 572. The topological polar surface area (TPSA) is 61.4 Å². The molecule has 0 aromatic rings. The highest BCUT2D eigenvalue weighted by Gasteiger charge is 2.40. The van der Waals surface area contributed by atoms with Crippen molar-refractivity contribution in [3.05, 3.63) is 12.7 Å². The lowest BCUT2D eigenvalue weighted by Crippen LogP contribution is -2.53. The van der Waals surface area contributed by atoms with Crippen molar-refractivity contribution in [1.29, 1.82) is 0 Å². The van der Waals surface area contributed by atoms with E-state index in [0.717, 1.165) is 25.7 Å². The van der Waals surface area contributed by atoms with E-state index in [4.69, 9.17) is 0 Å². The molecule has 0 aromatic carbocycles. The summed E-state index contributed by atoms with van der Waals surface area (Å²) in [4.78, 5) is 27.9. The van der Waals surface area contributed by atoms with Crippen LogP contribution in [-0.2, 0) is 9.59 Å². The van der Waals surface area contributed by atoms with Gasteiger partial charge in [-0.15, -0.1) is 6.58 Å². The molecule has 0 radical (unpaired) electrons. The van der Waals surface area contributed by atoms with E-state index in [9.17, 15) is 9.59 Å². The summed E-state index contributed by atoms with van der Waals surface area (Å²) >= 11 is 0. The normalized spacial score (nSPS) is 36.9. The summed E-state index contributed by atoms with van der Waals surface area (Å²) in [7, 11) is 2.24. The first-order valence-electron chi connectivity index (χ1n) is 11.3. The molecule has 0 aromatic heterocycles. The maximum atomic E-state index is 13.1. The molecule has 5 nitrogen and oxygen atoms in total. The molecular weight excluding hydrogens is 350 g/mol. The van der Waals surface area contributed by atoms with Crippen molar-refractivity contribution in [3.8, 4) is 0 Å². The summed E-state index contributed by atoms with van der Waals surface area (Å²) in [5, 5.41) is 6.15. The molecule has 6 atom stereocenters. The number of amides is 2. The number of carbonyl (C=O) groups excluding carboxylic acids is 2. The summed E-state index contributed by atoms with van der Waals surface area (Å²) in [5.74, 6) is 0.523. The van der Waals surface area contributed by atoms with Gasteiger partial charge in [-0.3, -0.25) is 14.5 Å². The molecule has 2 saturated carbocycles. The first kappa shape index (κ1) is 21.4. The van der Waals surface area contributed by atoms with E-state index in [-0.39, 0.29) is 35.6 Å². The van der Waals surface area contributed by atoms with Gasteiger partial charge in [0.2, 0.25) is 11.8 Å². The second-order valence-electron chi connectivity index (χ2n) is 9.50. The van der Waals surface area contributed by atoms with Crippen molar-refractivity contribution >= 4 is 11.8 Å². The van der Waals surface area contributed by atoms with E-state index < -0.39 is 0 Å². The Morgan fingerprint density at radius 2 is 1.93 bits per heavy atom. The summed E-state index contributed by atoms with van der Waals surface area (Å²) in [6.45, 7) is 8.69. The fraction of sp³-hybridized carbons (Fsp3) is 0.826. The average molecular weight is 390 g/mol. The Morgan fingerprint density at radius 1 is 1.21 bits per heavy atom. The second-order valence-corrected chi connectivity index (χ2v) is 9.50. The molecule has 3 fully saturated rings. The highest BCUT2D eigenvalue weighted by molar-refractivity contribution is 5.83. The Hall–Kier alpha value is -1.36. The third kappa shape index (κ3) is 4.61. The van der Waals surface area contributed by atoms with Crippen molar-refractivity contribution in [3.63, 3.8) is 0 Å². The third-order valence-corrected chi connectivity index (χ3v) is 7.59. The molecule has 0 bridgehead atoms. The summed E-state index contributed by atoms with van der Waals surface area (Å²) in [5.41, 5.74) is 0. The lowest BCUT2D eigenvalue weighted by Gasteiger charge is -2.43. The van der Waals surface area contributed by atoms with Crippen LogP contribution in [0.3, 0.4) is 0 Å². The molecule has 1 saturated heterocycles. The molecule has 2 amide bonds. The van der Waals surface area contributed by atoms with Crippen LogP contribution >= 0.6 is 0 Å².